The molecular weight excluding hydrogens is 186 g/mol. The largest absolute Gasteiger partial charge is 0.459 e. The molecule has 0 radical (unpaired) electrons. The van der Waals surface area contributed by atoms with Gasteiger partial charge in [0.25, 0.3) is 0 Å². The molecule has 1 saturated heterocycles. The van der Waals surface area contributed by atoms with Gasteiger partial charge >= 0.3 is 5.97 Å². The highest BCUT2D eigenvalue weighted by Crippen LogP contribution is 2.15. The quantitative estimate of drug-likeness (QED) is 0.446. The fourth-order valence-electron chi connectivity index (χ4n) is 1.49. The second-order valence-electron chi connectivity index (χ2n) is 3.74. The summed E-state index contributed by atoms with van der Waals surface area (Å²) in [6.07, 6.45) is -1.04. The summed E-state index contributed by atoms with van der Waals surface area (Å²) in [5.74, 6) is -0.509. The Bertz CT molecular complexity index is 209. The van der Waals surface area contributed by atoms with Crippen LogP contribution in [0.25, 0.3) is 0 Å². The Morgan fingerprint density at radius 3 is 2.71 bits per heavy atom. The summed E-state index contributed by atoms with van der Waals surface area (Å²) in [4.78, 5) is 11.2. The van der Waals surface area contributed by atoms with Gasteiger partial charge in [-0.25, -0.2) is 0 Å². The average Bonchev–Trinajstić information content (AvgIpc) is 2.17. The predicted molar refractivity (Wildman–Crippen MR) is 49.4 cm³/mol. The normalized spacial score (nSPS) is 40.7. The van der Waals surface area contributed by atoms with E-state index in [2.05, 4.69) is 0 Å². The van der Waals surface area contributed by atoms with Crippen LogP contribution in [0.3, 0.4) is 0 Å². The zero-order valence-corrected chi connectivity index (χ0v) is 8.22. The van der Waals surface area contributed by atoms with E-state index in [9.17, 15) is 15.0 Å². The standard InChI is InChI=1S/C9H17NO4/c1-5-8(12)7(11)4-2-3-6(10)9(13)14-5/h5-8,11-12H,2-4,10H2,1H3/t5-,6-,7-,8-/m0/s1. The minimum absolute atomic E-state index is 0.440. The summed E-state index contributed by atoms with van der Waals surface area (Å²) in [7, 11) is 0. The molecule has 4 atom stereocenters. The molecular formula is C9H17NO4. The summed E-state index contributed by atoms with van der Waals surface area (Å²) < 4.78 is 4.89. The van der Waals surface area contributed by atoms with Gasteiger partial charge in [-0.05, 0) is 26.2 Å². The number of cyclic esters (lactones) is 1. The molecule has 1 rings (SSSR count). The van der Waals surface area contributed by atoms with Crippen molar-refractivity contribution in [1.82, 2.24) is 0 Å². The molecule has 0 saturated carbocycles. The molecule has 4 N–H and O–H groups in total. The number of esters is 1. The molecule has 1 fully saturated rings. The second-order valence-corrected chi connectivity index (χ2v) is 3.74. The number of hydrogen-bond donors (Lipinski definition) is 3. The van der Waals surface area contributed by atoms with Crippen molar-refractivity contribution < 1.29 is 19.7 Å². The minimum Gasteiger partial charge on any atom is -0.459 e. The van der Waals surface area contributed by atoms with Crippen LogP contribution < -0.4 is 5.73 Å². The summed E-state index contributed by atoms with van der Waals surface area (Å²) in [6, 6.07) is -0.644. The molecule has 1 heterocycles. The summed E-state index contributed by atoms with van der Waals surface area (Å²) >= 11 is 0. The number of aliphatic hydroxyl groups excluding tert-OH is 2. The highest BCUT2D eigenvalue weighted by molar-refractivity contribution is 5.75. The lowest BCUT2D eigenvalue weighted by Crippen LogP contribution is -2.40. The van der Waals surface area contributed by atoms with Crippen LogP contribution in [0, 0.1) is 0 Å². The Balaban J connectivity index is 2.66. The number of carbonyl (C=O) groups excluding carboxylic acids is 1. The number of hydrogen-bond acceptors (Lipinski definition) is 5. The van der Waals surface area contributed by atoms with Gasteiger partial charge in [0.2, 0.25) is 0 Å². The number of aliphatic hydroxyl groups is 2. The Morgan fingerprint density at radius 2 is 2.07 bits per heavy atom. The molecule has 1 aliphatic rings. The number of nitrogens with two attached hydrogens (primary N) is 1. The van der Waals surface area contributed by atoms with Crippen LogP contribution in [-0.2, 0) is 9.53 Å². The van der Waals surface area contributed by atoms with Gasteiger partial charge in [0.1, 0.15) is 18.2 Å². The van der Waals surface area contributed by atoms with E-state index in [1.54, 1.807) is 6.92 Å². The van der Waals surface area contributed by atoms with Gasteiger partial charge in [-0.3, -0.25) is 4.79 Å². The molecule has 0 amide bonds. The highest BCUT2D eigenvalue weighted by atomic mass is 16.6. The molecule has 82 valence electrons. The van der Waals surface area contributed by atoms with Gasteiger partial charge in [-0.2, -0.15) is 0 Å². The van der Waals surface area contributed by atoms with E-state index < -0.39 is 30.3 Å². The Morgan fingerprint density at radius 1 is 1.43 bits per heavy atom. The maximum absolute atomic E-state index is 11.2. The van der Waals surface area contributed by atoms with Gasteiger partial charge < -0.3 is 20.7 Å². The van der Waals surface area contributed by atoms with E-state index in [0.29, 0.717) is 19.3 Å². The van der Waals surface area contributed by atoms with E-state index in [4.69, 9.17) is 10.5 Å². The molecule has 0 aliphatic carbocycles. The summed E-state index contributed by atoms with van der Waals surface area (Å²) in [5.41, 5.74) is 5.53. The van der Waals surface area contributed by atoms with Crippen LogP contribution in [0.2, 0.25) is 0 Å². The number of ether oxygens (including phenoxy) is 1. The molecule has 0 unspecified atom stereocenters. The first-order chi connectivity index (χ1) is 6.52. The van der Waals surface area contributed by atoms with Gasteiger partial charge in [-0.15, -0.1) is 0 Å². The molecule has 5 heteroatoms. The van der Waals surface area contributed by atoms with Crippen LogP contribution in [-0.4, -0.2) is 40.5 Å². The average molecular weight is 203 g/mol. The minimum atomic E-state index is -1.02. The van der Waals surface area contributed by atoms with Crippen molar-refractivity contribution in [1.29, 1.82) is 0 Å². The van der Waals surface area contributed by atoms with Crippen LogP contribution in [0.1, 0.15) is 26.2 Å². The van der Waals surface area contributed by atoms with Gasteiger partial charge in [-0.1, -0.05) is 0 Å². The number of carbonyl (C=O) groups is 1. The van der Waals surface area contributed by atoms with Crippen LogP contribution >= 0.6 is 0 Å². The fraction of sp³-hybridized carbons (Fsp3) is 0.889. The third-order valence-corrected chi connectivity index (χ3v) is 2.49. The molecule has 0 aromatic heterocycles. The topological polar surface area (TPSA) is 92.8 Å². The lowest BCUT2D eigenvalue weighted by atomic mass is 10.0. The SMILES string of the molecule is C[C@@H]1OC(=O)[C@@H](N)CCC[C@H](O)[C@H]1O. The highest BCUT2D eigenvalue weighted by Gasteiger charge is 2.29. The van der Waals surface area contributed by atoms with Crippen LogP contribution in [0.5, 0.6) is 0 Å². The van der Waals surface area contributed by atoms with E-state index in [-0.39, 0.29) is 0 Å². The fourth-order valence-corrected chi connectivity index (χ4v) is 1.49. The first kappa shape index (κ1) is 11.4. The molecule has 0 bridgehead atoms. The van der Waals surface area contributed by atoms with Crippen LogP contribution in [0.15, 0.2) is 0 Å². The Hall–Kier alpha value is -0.650. The predicted octanol–water partition coefficient (Wildman–Crippen LogP) is -0.849. The Labute approximate surface area is 82.9 Å². The first-order valence-electron chi connectivity index (χ1n) is 4.84. The van der Waals surface area contributed by atoms with E-state index in [1.165, 1.54) is 0 Å². The van der Waals surface area contributed by atoms with Crippen LogP contribution in [0.4, 0.5) is 0 Å². The molecule has 0 aromatic rings. The lowest BCUT2D eigenvalue weighted by molar-refractivity contribution is -0.158. The molecule has 0 aromatic carbocycles. The summed E-state index contributed by atoms with van der Waals surface area (Å²) in [5, 5.41) is 19.0. The molecule has 14 heavy (non-hydrogen) atoms. The van der Waals surface area contributed by atoms with Crippen molar-refractivity contribution in [3.63, 3.8) is 0 Å². The summed E-state index contributed by atoms with van der Waals surface area (Å²) in [6.45, 7) is 1.55. The first-order valence-corrected chi connectivity index (χ1v) is 4.84. The molecule has 1 aliphatic heterocycles. The smallest absolute Gasteiger partial charge is 0.323 e. The van der Waals surface area contributed by atoms with Crippen molar-refractivity contribution >= 4 is 5.97 Å². The van der Waals surface area contributed by atoms with E-state index in [1.807, 2.05) is 0 Å². The maximum atomic E-state index is 11.2. The van der Waals surface area contributed by atoms with Gasteiger partial charge in [0.15, 0.2) is 0 Å². The Kier molecular flexibility index (Phi) is 3.86. The van der Waals surface area contributed by atoms with Gasteiger partial charge in [0, 0.05) is 0 Å². The van der Waals surface area contributed by atoms with E-state index in [0.717, 1.165) is 0 Å². The zero-order valence-electron chi connectivity index (χ0n) is 8.22. The van der Waals surface area contributed by atoms with Gasteiger partial charge in [0.05, 0.1) is 6.10 Å². The second kappa shape index (κ2) is 4.72. The molecule has 5 nitrogen and oxygen atoms in total. The third-order valence-electron chi connectivity index (χ3n) is 2.49. The van der Waals surface area contributed by atoms with E-state index >= 15 is 0 Å². The van der Waals surface area contributed by atoms with Crippen molar-refractivity contribution in [2.45, 2.75) is 50.5 Å². The third kappa shape index (κ3) is 2.67. The monoisotopic (exact) mass is 203 g/mol. The lowest BCUT2D eigenvalue weighted by Gasteiger charge is -2.22. The number of rotatable bonds is 0. The van der Waals surface area contributed by atoms with Crippen molar-refractivity contribution in [2.75, 3.05) is 0 Å². The maximum Gasteiger partial charge on any atom is 0.323 e. The molecule has 0 spiro atoms. The van der Waals surface area contributed by atoms with Crippen molar-refractivity contribution in [3.05, 3.63) is 0 Å². The van der Waals surface area contributed by atoms with Crippen molar-refractivity contribution in [2.24, 2.45) is 5.73 Å². The zero-order chi connectivity index (χ0) is 10.7. The van der Waals surface area contributed by atoms with Crippen molar-refractivity contribution in [3.8, 4) is 0 Å².